The first-order valence-electron chi connectivity index (χ1n) is 6.47. The molecule has 0 saturated carbocycles. The lowest BCUT2D eigenvalue weighted by atomic mass is 10.2. The van der Waals surface area contributed by atoms with E-state index >= 15 is 0 Å². The van der Waals surface area contributed by atoms with Crippen molar-refractivity contribution < 1.29 is 18.3 Å². The molecule has 21 heavy (non-hydrogen) atoms. The van der Waals surface area contributed by atoms with Crippen LogP contribution in [0.25, 0.3) is 16.6 Å². The average Bonchev–Trinajstić information content (AvgIpc) is 2.96. The fraction of sp³-hybridized carbons (Fsp3) is 0.200. The maximum Gasteiger partial charge on any atom is 0.386 e. The second kappa shape index (κ2) is 4.80. The maximum absolute atomic E-state index is 14.3. The molecule has 0 aliphatic rings. The molecule has 2 heterocycles. The molecule has 1 aromatic carbocycles. The molecule has 0 spiro atoms. The van der Waals surface area contributed by atoms with E-state index in [0.717, 1.165) is 0 Å². The van der Waals surface area contributed by atoms with Gasteiger partial charge in [0.2, 0.25) is 0 Å². The Bertz CT molecular complexity index is 827. The Kier molecular flexibility index (Phi) is 3.08. The summed E-state index contributed by atoms with van der Waals surface area (Å²) in [7, 11) is 0. The minimum absolute atomic E-state index is 0.112. The number of aromatic nitrogens is 2. The van der Waals surface area contributed by atoms with E-state index in [1.807, 2.05) is 0 Å². The number of nitrogens with zero attached hydrogens (tertiary/aromatic N) is 2. The number of benzene rings is 1. The van der Waals surface area contributed by atoms with Gasteiger partial charge in [0.15, 0.2) is 0 Å². The fourth-order valence-electron chi connectivity index (χ4n) is 2.27. The summed E-state index contributed by atoms with van der Waals surface area (Å²) in [5, 5.41) is 0. The Labute approximate surface area is 119 Å². The average molecular weight is 290 g/mol. The lowest BCUT2D eigenvalue weighted by molar-refractivity contribution is -0.173. The molecule has 0 fully saturated rings. The van der Waals surface area contributed by atoms with Crippen LogP contribution in [0.4, 0.5) is 8.78 Å². The van der Waals surface area contributed by atoms with Gasteiger partial charge < -0.3 is 9.14 Å². The molecule has 0 bridgehead atoms. The van der Waals surface area contributed by atoms with Crippen molar-refractivity contribution in [3.05, 3.63) is 48.3 Å². The standard InChI is InChI=1S/C15H12F2N2O2/c1-2-21-14(20)15(16,17)13-12-8-5-9-19(12)11-7-4-3-6-10(11)18-13/h3-9H,2H2,1H3. The highest BCUT2D eigenvalue weighted by molar-refractivity contribution is 5.86. The topological polar surface area (TPSA) is 43.6 Å². The van der Waals surface area contributed by atoms with Gasteiger partial charge in [-0.3, -0.25) is 0 Å². The van der Waals surface area contributed by atoms with Gasteiger partial charge in [-0.05, 0) is 31.2 Å². The molecule has 0 amide bonds. The van der Waals surface area contributed by atoms with E-state index in [1.54, 1.807) is 40.9 Å². The summed E-state index contributed by atoms with van der Waals surface area (Å²) in [6.07, 6.45) is 1.66. The van der Waals surface area contributed by atoms with Crippen LogP contribution in [-0.2, 0) is 15.5 Å². The lowest BCUT2D eigenvalue weighted by Crippen LogP contribution is -2.30. The molecule has 0 saturated heterocycles. The number of para-hydroxylation sites is 2. The monoisotopic (exact) mass is 290 g/mol. The second-order valence-electron chi connectivity index (χ2n) is 4.51. The summed E-state index contributed by atoms with van der Waals surface area (Å²) in [5.74, 6) is -5.38. The summed E-state index contributed by atoms with van der Waals surface area (Å²) in [4.78, 5) is 15.5. The number of ether oxygens (including phenoxy) is 1. The number of halogens is 2. The summed E-state index contributed by atoms with van der Waals surface area (Å²) in [6.45, 7) is 1.37. The van der Waals surface area contributed by atoms with Crippen molar-refractivity contribution in [1.82, 2.24) is 9.38 Å². The Morgan fingerprint density at radius 1 is 1.24 bits per heavy atom. The number of carbonyl (C=O) groups excluding carboxylic acids is 1. The van der Waals surface area contributed by atoms with Crippen LogP contribution in [-0.4, -0.2) is 22.0 Å². The SMILES string of the molecule is CCOC(=O)C(F)(F)c1nc2ccccc2n2cccc12. The Morgan fingerprint density at radius 3 is 2.71 bits per heavy atom. The number of carbonyl (C=O) groups is 1. The van der Waals surface area contributed by atoms with Crippen molar-refractivity contribution in [3.8, 4) is 0 Å². The van der Waals surface area contributed by atoms with Crippen LogP contribution >= 0.6 is 0 Å². The predicted molar refractivity (Wildman–Crippen MR) is 73.2 cm³/mol. The first-order chi connectivity index (χ1) is 10.1. The number of hydrogen-bond acceptors (Lipinski definition) is 3. The first kappa shape index (κ1) is 13.5. The van der Waals surface area contributed by atoms with E-state index in [-0.39, 0.29) is 12.1 Å². The van der Waals surface area contributed by atoms with Crippen LogP contribution in [0, 0.1) is 0 Å². The van der Waals surface area contributed by atoms with E-state index in [2.05, 4.69) is 9.72 Å². The summed E-state index contributed by atoms with van der Waals surface area (Å²) < 4.78 is 34.7. The largest absolute Gasteiger partial charge is 0.461 e. The Hall–Kier alpha value is -2.50. The molecular weight excluding hydrogens is 278 g/mol. The van der Waals surface area contributed by atoms with Crippen molar-refractivity contribution in [2.75, 3.05) is 6.61 Å². The molecule has 108 valence electrons. The molecule has 0 radical (unpaired) electrons. The van der Waals surface area contributed by atoms with E-state index < -0.39 is 17.6 Å². The van der Waals surface area contributed by atoms with Crippen molar-refractivity contribution in [2.24, 2.45) is 0 Å². The minimum atomic E-state index is -3.79. The smallest absolute Gasteiger partial charge is 0.386 e. The summed E-state index contributed by atoms with van der Waals surface area (Å²) in [5.41, 5.74) is 0.678. The third-order valence-electron chi connectivity index (χ3n) is 3.19. The molecule has 3 aromatic rings. The van der Waals surface area contributed by atoms with Crippen molar-refractivity contribution in [2.45, 2.75) is 12.8 Å². The van der Waals surface area contributed by atoms with Crippen LogP contribution in [0.5, 0.6) is 0 Å². The zero-order valence-corrected chi connectivity index (χ0v) is 11.2. The number of esters is 1. The normalized spacial score (nSPS) is 12.0. The highest BCUT2D eigenvalue weighted by Gasteiger charge is 2.46. The number of hydrogen-bond donors (Lipinski definition) is 0. The van der Waals surface area contributed by atoms with Gasteiger partial charge in [-0.1, -0.05) is 12.1 Å². The second-order valence-corrected chi connectivity index (χ2v) is 4.51. The third-order valence-corrected chi connectivity index (χ3v) is 3.19. The third kappa shape index (κ3) is 2.03. The molecular formula is C15H12F2N2O2. The molecule has 3 rings (SSSR count). The molecule has 0 aliphatic heterocycles. The van der Waals surface area contributed by atoms with Gasteiger partial charge in [0.25, 0.3) is 0 Å². The Morgan fingerprint density at radius 2 is 1.95 bits per heavy atom. The molecule has 0 unspecified atom stereocenters. The zero-order valence-electron chi connectivity index (χ0n) is 11.2. The maximum atomic E-state index is 14.3. The van der Waals surface area contributed by atoms with Crippen LogP contribution in [0.1, 0.15) is 12.6 Å². The van der Waals surface area contributed by atoms with Crippen molar-refractivity contribution >= 4 is 22.5 Å². The van der Waals surface area contributed by atoms with E-state index in [0.29, 0.717) is 11.0 Å². The van der Waals surface area contributed by atoms with Gasteiger partial charge >= 0.3 is 11.9 Å². The Balaban J connectivity index is 2.30. The molecule has 0 aliphatic carbocycles. The van der Waals surface area contributed by atoms with Gasteiger partial charge in [0, 0.05) is 6.20 Å². The lowest BCUT2D eigenvalue weighted by Gasteiger charge is -2.16. The van der Waals surface area contributed by atoms with Crippen molar-refractivity contribution in [3.63, 3.8) is 0 Å². The van der Waals surface area contributed by atoms with Gasteiger partial charge in [0.05, 0.1) is 23.2 Å². The fourth-order valence-corrected chi connectivity index (χ4v) is 2.27. The molecule has 0 N–H and O–H groups in total. The van der Waals surface area contributed by atoms with Gasteiger partial charge in [0.1, 0.15) is 5.69 Å². The zero-order chi connectivity index (χ0) is 15.0. The summed E-state index contributed by atoms with van der Waals surface area (Å²) >= 11 is 0. The quantitative estimate of drug-likeness (QED) is 0.696. The number of alkyl halides is 2. The number of fused-ring (bicyclic) bond motifs is 3. The highest BCUT2D eigenvalue weighted by atomic mass is 19.3. The van der Waals surface area contributed by atoms with Crippen LogP contribution in [0.15, 0.2) is 42.6 Å². The summed E-state index contributed by atoms with van der Waals surface area (Å²) in [6, 6.07) is 10.0. The van der Waals surface area contributed by atoms with Crippen molar-refractivity contribution in [1.29, 1.82) is 0 Å². The predicted octanol–water partition coefficient (Wildman–Crippen LogP) is 3.14. The van der Waals surface area contributed by atoms with Crippen LogP contribution < -0.4 is 0 Å². The van der Waals surface area contributed by atoms with E-state index in [1.165, 1.54) is 13.0 Å². The van der Waals surface area contributed by atoms with E-state index in [4.69, 9.17) is 0 Å². The first-order valence-corrected chi connectivity index (χ1v) is 6.47. The molecule has 0 atom stereocenters. The molecule has 2 aromatic heterocycles. The van der Waals surface area contributed by atoms with Gasteiger partial charge in [-0.2, -0.15) is 8.78 Å². The van der Waals surface area contributed by atoms with Gasteiger partial charge in [-0.15, -0.1) is 0 Å². The minimum Gasteiger partial charge on any atom is -0.461 e. The molecule has 6 heteroatoms. The highest BCUT2D eigenvalue weighted by Crippen LogP contribution is 2.33. The van der Waals surface area contributed by atoms with Crippen LogP contribution in [0.2, 0.25) is 0 Å². The number of rotatable bonds is 3. The van der Waals surface area contributed by atoms with Crippen LogP contribution in [0.3, 0.4) is 0 Å². The van der Waals surface area contributed by atoms with Gasteiger partial charge in [-0.25, -0.2) is 9.78 Å². The molecule has 4 nitrogen and oxygen atoms in total. The van der Waals surface area contributed by atoms with E-state index in [9.17, 15) is 13.6 Å².